The maximum absolute atomic E-state index is 11.5. The maximum atomic E-state index is 11.5. The largest absolute Gasteiger partial charge is 0.466 e. The Morgan fingerprint density at radius 2 is 1.10 bits per heavy atom. The van der Waals surface area contributed by atoms with Crippen molar-refractivity contribution in [2.24, 2.45) is 0 Å². The summed E-state index contributed by atoms with van der Waals surface area (Å²) >= 11 is 0. The molecule has 0 saturated carbocycles. The van der Waals surface area contributed by atoms with Crippen LogP contribution in [-0.2, 0) is 9.53 Å². The van der Waals surface area contributed by atoms with E-state index in [9.17, 15) is 4.79 Å². The van der Waals surface area contributed by atoms with Crippen LogP contribution in [0.3, 0.4) is 0 Å². The third kappa shape index (κ3) is 15.5. The average molecular weight is 284 g/mol. The Morgan fingerprint density at radius 3 is 1.65 bits per heavy atom. The van der Waals surface area contributed by atoms with Crippen molar-refractivity contribution in [3.63, 3.8) is 0 Å². The van der Waals surface area contributed by atoms with Crippen molar-refractivity contribution in [2.45, 2.75) is 104 Å². The lowest BCUT2D eigenvalue weighted by atomic mass is 10.1. The summed E-state index contributed by atoms with van der Waals surface area (Å²) in [6, 6.07) is 0. The average Bonchev–Trinajstić information content (AvgIpc) is 2.45. The molecule has 0 atom stereocenters. The molecule has 0 aliphatic heterocycles. The van der Waals surface area contributed by atoms with E-state index in [0.29, 0.717) is 13.0 Å². The van der Waals surface area contributed by atoms with Gasteiger partial charge in [0, 0.05) is 6.42 Å². The van der Waals surface area contributed by atoms with Crippen molar-refractivity contribution >= 4 is 5.97 Å². The van der Waals surface area contributed by atoms with Crippen LogP contribution in [0, 0.1) is 0 Å². The Kier molecular flexibility index (Phi) is 16.1. The first-order valence-electron chi connectivity index (χ1n) is 8.96. The summed E-state index contributed by atoms with van der Waals surface area (Å²) in [5.74, 6) is 0.00599. The topological polar surface area (TPSA) is 26.3 Å². The summed E-state index contributed by atoms with van der Waals surface area (Å²) in [7, 11) is 0. The van der Waals surface area contributed by atoms with E-state index >= 15 is 0 Å². The summed E-state index contributed by atoms with van der Waals surface area (Å²) < 4.78 is 5.24. The fourth-order valence-corrected chi connectivity index (χ4v) is 2.37. The van der Waals surface area contributed by atoms with Gasteiger partial charge in [0.15, 0.2) is 0 Å². The molecular weight excluding hydrogens is 248 g/mol. The Hall–Kier alpha value is -0.530. The number of unbranched alkanes of at least 4 members (excludes halogenated alkanes) is 11. The highest BCUT2D eigenvalue weighted by Gasteiger charge is 2.02. The zero-order chi connectivity index (χ0) is 14.9. The molecule has 0 radical (unpaired) electrons. The van der Waals surface area contributed by atoms with Crippen LogP contribution in [0.5, 0.6) is 0 Å². The predicted molar refractivity (Wildman–Crippen MR) is 86.9 cm³/mol. The molecule has 0 aromatic heterocycles. The maximum Gasteiger partial charge on any atom is 0.305 e. The smallest absolute Gasteiger partial charge is 0.305 e. The van der Waals surface area contributed by atoms with Crippen LogP contribution >= 0.6 is 0 Å². The van der Waals surface area contributed by atoms with Crippen LogP contribution in [-0.4, -0.2) is 12.6 Å². The van der Waals surface area contributed by atoms with E-state index in [1.165, 1.54) is 70.6 Å². The summed E-state index contributed by atoms with van der Waals surface area (Å²) in [6.07, 6.45) is 16.9. The van der Waals surface area contributed by atoms with Gasteiger partial charge in [0.25, 0.3) is 0 Å². The SMILES string of the molecule is CCCCCCCCCCC(=O)OCCCCCCC. The number of carbonyl (C=O) groups excluding carboxylic acids is 1. The molecule has 0 rings (SSSR count). The van der Waals surface area contributed by atoms with Gasteiger partial charge in [-0.2, -0.15) is 0 Å². The van der Waals surface area contributed by atoms with Gasteiger partial charge in [-0.05, 0) is 12.8 Å². The van der Waals surface area contributed by atoms with Crippen LogP contribution in [0.15, 0.2) is 0 Å². The van der Waals surface area contributed by atoms with Gasteiger partial charge in [0.2, 0.25) is 0 Å². The highest BCUT2D eigenvalue weighted by molar-refractivity contribution is 5.69. The molecule has 2 heteroatoms. The Labute approximate surface area is 126 Å². The molecule has 2 nitrogen and oxygen atoms in total. The minimum atomic E-state index is 0.00599. The molecule has 0 fully saturated rings. The van der Waals surface area contributed by atoms with Gasteiger partial charge in [0.05, 0.1) is 6.61 Å². The molecule has 0 aromatic carbocycles. The number of hydrogen-bond acceptors (Lipinski definition) is 2. The number of ether oxygens (including phenoxy) is 1. The second-order valence-corrected chi connectivity index (χ2v) is 5.86. The summed E-state index contributed by atoms with van der Waals surface area (Å²) in [5, 5.41) is 0. The fourth-order valence-electron chi connectivity index (χ4n) is 2.37. The van der Waals surface area contributed by atoms with Crippen molar-refractivity contribution in [3.8, 4) is 0 Å². The molecule has 0 aliphatic rings. The predicted octanol–water partition coefficient (Wildman–Crippen LogP) is 6.03. The standard InChI is InChI=1S/C18H36O2/c1-3-5-7-9-10-11-12-14-16-18(19)20-17-15-13-8-6-4-2/h3-17H2,1-2H3. The Bertz CT molecular complexity index is 202. The first kappa shape index (κ1) is 19.5. The molecular formula is C18H36O2. The van der Waals surface area contributed by atoms with Gasteiger partial charge in [-0.3, -0.25) is 4.79 Å². The van der Waals surface area contributed by atoms with Crippen LogP contribution in [0.2, 0.25) is 0 Å². The first-order valence-corrected chi connectivity index (χ1v) is 8.96. The summed E-state index contributed by atoms with van der Waals surface area (Å²) in [4.78, 5) is 11.5. The highest BCUT2D eigenvalue weighted by Crippen LogP contribution is 2.10. The second kappa shape index (κ2) is 16.5. The van der Waals surface area contributed by atoms with E-state index in [4.69, 9.17) is 4.74 Å². The van der Waals surface area contributed by atoms with Gasteiger partial charge >= 0.3 is 5.97 Å². The van der Waals surface area contributed by atoms with E-state index in [1.54, 1.807) is 0 Å². The van der Waals surface area contributed by atoms with Crippen LogP contribution < -0.4 is 0 Å². The molecule has 0 aromatic rings. The number of esters is 1. The van der Waals surface area contributed by atoms with E-state index in [1.807, 2.05) is 0 Å². The molecule has 0 spiro atoms. The third-order valence-corrected chi connectivity index (χ3v) is 3.75. The van der Waals surface area contributed by atoms with Gasteiger partial charge in [0.1, 0.15) is 0 Å². The normalized spacial score (nSPS) is 10.7. The molecule has 0 heterocycles. The molecule has 0 N–H and O–H groups in total. The van der Waals surface area contributed by atoms with Crippen molar-refractivity contribution in [1.82, 2.24) is 0 Å². The van der Waals surface area contributed by atoms with Crippen LogP contribution in [0.1, 0.15) is 104 Å². The zero-order valence-electron chi connectivity index (χ0n) is 13.9. The van der Waals surface area contributed by atoms with E-state index in [2.05, 4.69) is 13.8 Å². The van der Waals surface area contributed by atoms with Gasteiger partial charge in [-0.1, -0.05) is 84.5 Å². The minimum Gasteiger partial charge on any atom is -0.466 e. The lowest BCUT2D eigenvalue weighted by Gasteiger charge is -2.05. The lowest BCUT2D eigenvalue weighted by molar-refractivity contribution is -0.143. The molecule has 0 bridgehead atoms. The molecule has 0 unspecified atom stereocenters. The summed E-state index contributed by atoms with van der Waals surface area (Å²) in [5.41, 5.74) is 0. The number of rotatable bonds is 15. The minimum absolute atomic E-state index is 0.00599. The summed E-state index contributed by atoms with van der Waals surface area (Å²) in [6.45, 7) is 5.08. The monoisotopic (exact) mass is 284 g/mol. The number of carbonyl (C=O) groups is 1. The van der Waals surface area contributed by atoms with Gasteiger partial charge in [-0.25, -0.2) is 0 Å². The van der Waals surface area contributed by atoms with Crippen molar-refractivity contribution in [2.75, 3.05) is 6.61 Å². The second-order valence-electron chi connectivity index (χ2n) is 5.86. The molecule has 0 amide bonds. The highest BCUT2D eigenvalue weighted by atomic mass is 16.5. The van der Waals surface area contributed by atoms with Gasteiger partial charge in [-0.15, -0.1) is 0 Å². The van der Waals surface area contributed by atoms with Gasteiger partial charge < -0.3 is 4.74 Å². The van der Waals surface area contributed by atoms with Crippen molar-refractivity contribution < 1.29 is 9.53 Å². The molecule has 20 heavy (non-hydrogen) atoms. The van der Waals surface area contributed by atoms with E-state index < -0.39 is 0 Å². The quantitative estimate of drug-likeness (QED) is 0.271. The first-order chi connectivity index (χ1) is 9.81. The lowest BCUT2D eigenvalue weighted by Crippen LogP contribution is -2.05. The van der Waals surface area contributed by atoms with E-state index in [0.717, 1.165) is 12.8 Å². The van der Waals surface area contributed by atoms with E-state index in [-0.39, 0.29) is 5.97 Å². The Morgan fingerprint density at radius 1 is 0.650 bits per heavy atom. The van der Waals surface area contributed by atoms with Crippen molar-refractivity contribution in [3.05, 3.63) is 0 Å². The Balaban J connectivity index is 3.12. The molecule has 0 aliphatic carbocycles. The van der Waals surface area contributed by atoms with Crippen LogP contribution in [0.4, 0.5) is 0 Å². The molecule has 120 valence electrons. The number of hydrogen-bond donors (Lipinski definition) is 0. The van der Waals surface area contributed by atoms with Crippen molar-refractivity contribution in [1.29, 1.82) is 0 Å². The van der Waals surface area contributed by atoms with Crippen LogP contribution in [0.25, 0.3) is 0 Å². The fraction of sp³-hybridized carbons (Fsp3) is 0.944. The molecule has 0 saturated heterocycles. The third-order valence-electron chi connectivity index (χ3n) is 3.75. The zero-order valence-corrected chi connectivity index (χ0v) is 13.9.